The van der Waals surface area contributed by atoms with Crippen molar-refractivity contribution in [3.8, 4) is 0 Å². The normalized spacial score (nSPS) is 21.8. The Balaban J connectivity index is 2.49. The summed E-state index contributed by atoms with van der Waals surface area (Å²) in [5.41, 5.74) is 2.69. The third-order valence-corrected chi connectivity index (χ3v) is 1.46. The van der Waals surface area contributed by atoms with Gasteiger partial charge in [-0.25, -0.2) is 0 Å². The van der Waals surface area contributed by atoms with E-state index in [0.717, 1.165) is 6.42 Å². The molecule has 0 unspecified atom stereocenters. The molecule has 1 rings (SSSR count). The first-order valence-electron chi connectivity index (χ1n) is 3.57. The number of rotatable bonds is 1. The highest BCUT2D eigenvalue weighted by molar-refractivity contribution is 5.24. The molecular weight excluding hydrogens is 122 g/mol. The van der Waals surface area contributed by atoms with Gasteiger partial charge in [0.2, 0.25) is 0 Å². The van der Waals surface area contributed by atoms with Crippen LogP contribution in [0.5, 0.6) is 0 Å². The Morgan fingerprint density at radius 2 is 2.40 bits per heavy atom. The van der Waals surface area contributed by atoms with E-state index in [1.54, 1.807) is 0 Å². The molecule has 0 fully saturated rings. The van der Waals surface area contributed by atoms with Gasteiger partial charge in [0, 0.05) is 18.3 Å². The first-order valence-corrected chi connectivity index (χ1v) is 3.57. The van der Waals surface area contributed by atoms with E-state index in [0.29, 0.717) is 0 Å². The molecule has 1 aliphatic rings. The number of nitrogens with one attached hydrogen (secondary N) is 1. The molecule has 1 N–H and O–H groups in total. The van der Waals surface area contributed by atoms with E-state index in [4.69, 9.17) is 0 Å². The van der Waals surface area contributed by atoms with Crippen LogP contribution in [0.3, 0.4) is 0 Å². The van der Waals surface area contributed by atoms with Crippen LogP contribution in [-0.2, 0) is 0 Å². The maximum Gasteiger partial charge on any atom is 0.0188 e. The summed E-state index contributed by atoms with van der Waals surface area (Å²) >= 11 is 0. The summed E-state index contributed by atoms with van der Waals surface area (Å²) in [7, 11) is 0. The van der Waals surface area contributed by atoms with E-state index in [9.17, 15) is 0 Å². The summed E-state index contributed by atoms with van der Waals surface area (Å²) in [5, 5.41) is 3.19. The highest BCUT2D eigenvalue weighted by Crippen LogP contribution is 2.13. The molecule has 0 aromatic carbocycles. The molecule has 10 heavy (non-hydrogen) atoms. The van der Waals surface area contributed by atoms with Crippen LogP contribution in [0, 0.1) is 0 Å². The van der Waals surface area contributed by atoms with Crippen LogP contribution >= 0.6 is 0 Å². The summed E-state index contributed by atoms with van der Waals surface area (Å²) in [6.07, 6.45) is 9.31. The zero-order chi connectivity index (χ0) is 7.40. The second-order valence-corrected chi connectivity index (χ2v) is 2.53. The molecule has 0 radical (unpaired) electrons. The van der Waals surface area contributed by atoms with Gasteiger partial charge in [-0.05, 0) is 19.9 Å². The smallest absolute Gasteiger partial charge is 0.0188 e. The van der Waals surface area contributed by atoms with Crippen LogP contribution < -0.4 is 5.32 Å². The van der Waals surface area contributed by atoms with Gasteiger partial charge in [-0.3, -0.25) is 0 Å². The fourth-order valence-electron chi connectivity index (χ4n) is 0.938. The summed E-state index contributed by atoms with van der Waals surface area (Å²) in [4.78, 5) is 0. The van der Waals surface area contributed by atoms with E-state index in [1.165, 1.54) is 11.3 Å². The Morgan fingerprint density at radius 1 is 1.60 bits per heavy atom. The summed E-state index contributed by atoms with van der Waals surface area (Å²) < 4.78 is 0. The average molecular weight is 135 g/mol. The maximum atomic E-state index is 3.19. The van der Waals surface area contributed by atoms with Crippen LogP contribution in [0.15, 0.2) is 35.7 Å². The highest BCUT2D eigenvalue weighted by Gasteiger charge is 2.01. The molecule has 1 heteroatoms. The van der Waals surface area contributed by atoms with E-state index in [1.807, 2.05) is 13.0 Å². The predicted octanol–water partition coefficient (Wildman–Crippen LogP) is 2.34. The fourth-order valence-corrected chi connectivity index (χ4v) is 0.938. The van der Waals surface area contributed by atoms with Crippen LogP contribution in [-0.4, -0.2) is 0 Å². The highest BCUT2D eigenvalue weighted by atomic mass is 14.9. The van der Waals surface area contributed by atoms with Gasteiger partial charge in [-0.2, -0.15) is 0 Å². The van der Waals surface area contributed by atoms with Crippen molar-refractivity contribution in [2.45, 2.75) is 20.3 Å². The lowest BCUT2D eigenvalue weighted by Gasteiger charge is -1.93. The lowest BCUT2D eigenvalue weighted by Crippen LogP contribution is -1.95. The summed E-state index contributed by atoms with van der Waals surface area (Å²) in [6.45, 7) is 4.15. The molecule has 0 saturated carbocycles. The van der Waals surface area contributed by atoms with E-state index in [2.05, 4.69) is 30.6 Å². The van der Waals surface area contributed by atoms with Crippen LogP contribution in [0.1, 0.15) is 20.3 Å². The summed E-state index contributed by atoms with van der Waals surface area (Å²) in [6, 6.07) is 0. The predicted molar refractivity (Wildman–Crippen MR) is 44.4 cm³/mol. The Hall–Kier alpha value is -0.980. The lowest BCUT2D eigenvalue weighted by atomic mass is 10.2. The Morgan fingerprint density at radius 3 is 2.90 bits per heavy atom. The zero-order valence-corrected chi connectivity index (χ0v) is 6.52. The largest absolute Gasteiger partial charge is 0.365 e. The van der Waals surface area contributed by atoms with Gasteiger partial charge in [0.25, 0.3) is 0 Å². The van der Waals surface area contributed by atoms with Gasteiger partial charge in [0.05, 0.1) is 0 Å². The quantitative estimate of drug-likeness (QED) is 0.582. The average Bonchev–Trinajstić information content (AvgIpc) is 2.31. The van der Waals surface area contributed by atoms with Gasteiger partial charge in [-0.15, -0.1) is 0 Å². The molecule has 1 heterocycles. The first kappa shape index (κ1) is 7.13. The zero-order valence-electron chi connectivity index (χ0n) is 6.52. The second kappa shape index (κ2) is 3.25. The van der Waals surface area contributed by atoms with Crippen molar-refractivity contribution < 1.29 is 0 Å². The van der Waals surface area contributed by atoms with Crippen molar-refractivity contribution in [3.63, 3.8) is 0 Å². The Bertz CT molecular complexity index is 197. The topological polar surface area (TPSA) is 12.0 Å². The van der Waals surface area contributed by atoms with Crippen molar-refractivity contribution in [3.05, 3.63) is 35.7 Å². The van der Waals surface area contributed by atoms with Gasteiger partial charge < -0.3 is 5.32 Å². The molecule has 0 amide bonds. The minimum atomic E-state index is 1.07. The Kier molecular flexibility index (Phi) is 2.32. The SMILES string of the molecule is C/C=C\C=C1/CC(C)=CN1. The monoisotopic (exact) mass is 135 g/mol. The van der Waals surface area contributed by atoms with Crippen molar-refractivity contribution in [1.82, 2.24) is 5.32 Å². The number of allylic oxidation sites excluding steroid dienone is 4. The van der Waals surface area contributed by atoms with E-state index < -0.39 is 0 Å². The van der Waals surface area contributed by atoms with Crippen molar-refractivity contribution in [1.29, 1.82) is 0 Å². The minimum absolute atomic E-state index is 1.07. The number of hydrogen-bond donors (Lipinski definition) is 1. The molecular formula is C9H13N. The van der Waals surface area contributed by atoms with Gasteiger partial charge in [-0.1, -0.05) is 17.7 Å². The molecule has 0 aliphatic carbocycles. The minimum Gasteiger partial charge on any atom is -0.365 e. The third-order valence-electron chi connectivity index (χ3n) is 1.46. The fraction of sp³-hybridized carbons (Fsp3) is 0.333. The first-order chi connectivity index (χ1) is 4.83. The molecule has 1 aliphatic heterocycles. The van der Waals surface area contributed by atoms with Crippen LogP contribution in [0.2, 0.25) is 0 Å². The summed E-state index contributed by atoms with van der Waals surface area (Å²) in [5.74, 6) is 0. The molecule has 0 aromatic heterocycles. The van der Waals surface area contributed by atoms with Crippen molar-refractivity contribution in [2.75, 3.05) is 0 Å². The molecule has 0 saturated heterocycles. The molecule has 0 spiro atoms. The van der Waals surface area contributed by atoms with Crippen LogP contribution in [0.25, 0.3) is 0 Å². The molecule has 54 valence electrons. The van der Waals surface area contributed by atoms with Crippen molar-refractivity contribution in [2.24, 2.45) is 0 Å². The third kappa shape index (κ3) is 1.76. The molecule has 0 bridgehead atoms. The Labute approximate surface area is 62.1 Å². The molecule has 0 atom stereocenters. The van der Waals surface area contributed by atoms with Gasteiger partial charge in [0.1, 0.15) is 0 Å². The maximum absolute atomic E-state index is 3.19. The van der Waals surface area contributed by atoms with Crippen LogP contribution in [0.4, 0.5) is 0 Å². The lowest BCUT2D eigenvalue weighted by molar-refractivity contribution is 1.06. The second-order valence-electron chi connectivity index (χ2n) is 2.53. The van der Waals surface area contributed by atoms with E-state index >= 15 is 0 Å². The van der Waals surface area contributed by atoms with Gasteiger partial charge >= 0.3 is 0 Å². The van der Waals surface area contributed by atoms with E-state index in [-0.39, 0.29) is 0 Å². The molecule has 0 aromatic rings. The number of hydrogen-bond acceptors (Lipinski definition) is 1. The van der Waals surface area contributed by atoms with Crippen molar-refractivity contribution >= 4 is 0 Å². The molecule has 1 nitrogen and oxygen atoms in total. The van der Waals surface area contributed by atoms with Gasteiger partial charge in [0.15, 0.2) is 0 Å². The standard InChI is InChI=1S/C9H13N/c1-3-4-5-9-6-8(2)7-10-9/h3-5,7,10H,6H2,1-2H3/b4-3-,9-5+.